The van der Waals surface area contributed by atoms with Crippen molar-refractivity contribution in [3.8, 4) is 0 Å². The van der Waals surface area contributed by atoms with Gasteiger partial charge in [-0.05, 0) is 72.6 Å². The Hall–Kier alpha value is -3.57. The van der Waals surface area contributed by atoms with E-state index in [0.717, 1.165) is 16.1 Å². The van der Waals surface area contributed by atoms with Crippen LogP contribution in [0.5, 0.6) is 0 Å². The molecule has 0 aliphatic heterocycles. The summed E-state index contributed by atoms with van der Waals surface area (Å²) in [4.78, 5) is 12.8. The molecule has 0 saturated heterocycles. The van der Waals surface area contributed by atoms with Crippen LogP contribution in [0.2, 0.25) is 10.0 Å². The summed E-state index contributed by atoms with van der Waals surface area (Å²) in [6.45, 7) is 1.78. The van der Waals surface area contributed by atoms with Gasteiger partial charge in [0.1, 0.15) is 0 Å². The van der Waals surface area contributed by atoms with Crippen LogP contribution in [-0.4, -0.2) is 29.0 Å². The van der Waals surface area contributed by atoms with Crippen molar-refractivity contribution in [2.45, 2.75) is 18.4 Å². The van der Waals surface area contributed by atoms with Gasteiger partial charge in [-0.3, -0.25) is 13.8 Å². The monoisotopic (exact) mass is 617 g/mol. The fraction of sp³-hybridized carbons (Fsp3) is 0.107. The van der Waals surface area contributed by atoms with Gasteiger partial charge in [-0.25, -0.2) is 16.8 Å². The Morgan fingerprint density at radius 3 is 2.10 bits per heavy atom. The molecule has 8 nitrogen and oxygen atoms in total. The van der Waals surface area contributed by atoms with Crippen molar-refractivity contribution < 1.29 is 21.6 Å². The minimum Gasteiger partial charge on any atom is -0.322 e. The first kappa shape index (κ1) is 29.4. The fourth-order valence-corrected chi connectivity index (χ4v) is 6.28. The van der Waals surface area contributed by atoms with Crippen molar-refractivity contribution in [3.05, 3.63) is 118 Å². The zero-order chi connectivity index (χ0) is 29.1. The summed E-state index contributed by atoms with van der Waals surface area (Å²) in [7, 11) is -7.50. The molecule has 4 rings (SSSR count). The molecule has 4 aromatic carbocycles. The van der Waals surface area contributed by atoms with Gasteiger partial charge >= 0.3 is 0 Å². The first-order chi connectivity index (χ1) is 18.8. The molecule has 40 heavy (non-hydrogen) atoms. The van der Waals surface area contributed by atoms with Gasteiger partial charge in [0, 0.05) is 11.3 Å². The normalized spacial score (nSPS) is 11.6. The third-order valence-corrected chi connectivity index (χ3v) is 9.27. The van der Waals surface area contributed by atoms with Gasteiger partial charge in [0.15, 0.2) is 0 Å². The molecule has 2 N–H and O–H groups in total. The topological polar surface area (TPSA) is 113 Å². The second-order valence-corrected chi connectivity index (χ2v) is 13.3. The fourth-order valence-electron chi connectivity index (χ4n) is 3.81. The van der Waals surface area contributed by atoms with Crippen LogP contribution in [0.4, 0.5) is 17.1 Å². The number of halogens is 2. The number of benzene rings is 4. The van der Waals surface area contributed by atoms with E-state index in [0.29, 0.717) is 22.5 Å². The molecule has 0 aliphatic rings. The van der Waals surface area contributed by atoms with Crippen LogP contribution in [0.1, 0.15) is 21.5 Å². The molecule has 0 unspecified atom stereocenters. The van der Waals surface area contributed by atoms with Gasteiger partial charge in [-0.1, -0.05) is 59.6 Å². The van der Waals surface area contributed by atoms with Gasteiger partial charge < -0.3 is 5.32 Å². The first-order valence-electron chi connectivity index (χ1n) is 11.9. The smallest absolute Gasteiger partial charge is 0.261 e. The lowest BCUT2D eigenvalue weighted by molar-refractivity contribution is 0.102. The number of carbonyl (C=O) groups excluding carboxylic acids is 1. The Balaban J connectivity index is 1.44. The summed E-state index contributed by atoms with van der Waals surface area (Å²) in [5.74, 6) is -0.418. The first-order valence-corrected chi connectivity index (χ1v) is 15.9. The molecule has 0 saturated carbocycles. The van der Waals surface area contributed by atoms with Crippen LogP contribution in [0.3, 0.4) is 0 Å². The molecule has 0 bridgehead atoms. The number of rotatable bonds is 9. The van der Waals surface area contributed by atoms with Gasteiger partial charge in [-0.2, -0.15) is 0 Å². The number of amides is 1. The van der Waals surface area contributed by atoms with Gasteiger partial charge in [0.25, 0.3) is 15.9 Å². The van der Waals surface area contributed by atoms with E-state index in [9.17, 15) is 21.6 Å². The Kier molecular flexibility index (Phi) is 8.74. The second kappa shape index (κ2) is 11.9. The summed E-state index contributed by atoms with van der Waals surface area (Å²) in [6, 6.07) is 24.0. The number of anilines is 3. The SMILES string of the molecule is Cc1ccccc1NS(=O)(=O)c1ccc(NC(=O)c2ccc(CN(c3cccc(Cl)c3Cl)S(C)(=O)=O)cc2)cc1. The standard InChI is InChI=1S/C28H25Cl2N3O5S2/c1-19-6-3-4-8-25(19)32-40(37,38)23-16-14-22(15-17-23)31-28(34)21-12-10-20(11-13-21)18-33(39(2,35)36)26-9-5-7-24(29)27(26)30/h3-17,32H,18H2,1-2H3,(H,31,34). The largest absolute Gasteiger partial charge is 0.322 e. The lowest BCUT2D eigenvalue weighted by Crippen LogP contribution is -2.29. The van der Waals surface area contributed by atoms with Crippen molar-refractivity contribution >= 4 is 66.2 Å². The second-order valence-electron chi connectivity index (χ2n) is 8.94. The molecule has 4 aromatic rings. The van der Waals surface area contributed by atoms with Crippen LogP contribution in [0.15, 0.2) is 95.9 Å². The molecule has 0 fully saturated rings. The van der Waals surface area contributed by atoms with Gasteiger partial charge in [0.2, 0.25) is 10.0 Å². The number of para-hydroxylation sites is 1. The van der Waals surface area contributed by atoms with Gasteiger partial charge in [0.05, 0.1) is 39.1 Å². The minimum atomic E-state index is -3.81. The molecular weight excluding hydrogens is 593 g/mol. The molecule has 12 heteroatoms. The minimum absolute atomic E-state index is 0.0206. The predicted molar refractivity (Wildman–Crippen MR) is 160 cm³/mol. The van der Waals surface area contributed by atoms with E-state index >= 15 is 0 Å². The van der Waals surface area contributed by atoms with E-state index in [2.05, 4.69) is 10.0 Å². The molecule has 0 radical (unpaired) electrons. The Bertz CT molecular complexity index is 1760. The maximum Gasteiger partial charge on any atom is 0.261 e. The third-order valence-electron chi connectivity index (χ3n) is 5.95. The van der Waals surface area contributed by atoms with Crippen LogP contribution >= 0.6 is 23.2 Å². The average molecular weight is 619 g/mol. The zero-order valence-electron chi connectivity index (χ0n) is 21.4. The summed E-state index contributed by atoms with van der Waals surface area (Å²) in [5, 5.41) is 3.08. The average Bonchev–Trinajstić information content (AvgIpc) is 2.90. The lowest BCUT2D eigenvalue weighted by Gasteiger charge is -2.24. The zero-order valence-corrected chi connectivity index (χ0v) is 24.6. The number of hydrogen-bond donors (Lipinski definition) is 2. The Labute approximate surface area is 243 Å². The molecule has 1 amide bonds. The van der Waals surface area contributed by atoms with E-state index in [4.69, 9.17) is 23.2 Å². The Morgan fingerprint density at radius 1 is 0.825 bits per heavy atom. The molecule has 0 aromatic heterocycles. The van der Waals surface area contributed by atoms with E-state index < -0.39 is 26.0 Å². The van der Waals surface area contributed by atoms with Crippen LogP contribution < -0.4 is 14.3 Å². The van der Waals surface area contributed by atoms with E-state index in [1.54, 1.807) is 67.6 Å². The Morgan fingerprint density at radius 2 is 1.48 bits per heavy atom. The third kappa shape index (κ3) is 6.95. The number of carbonyl (C=O) groups is 1. The van der Waals surface area contributed by atoms with E-state index in [-0.39, 0.29) is 27.2 Å². The summed E-state index contributed by atoms with van der Waals surface area (Å²) in [5.41, 5.74) is 2.87. The van der Waals surface area contributed by atoms with Crippen molar-refractivity contribution in [2.24, 2.45) is 0 Å². The number of nitrogens with one attached hydrogen (secondary N) is 2. The van der Waals surface area contributed by atoms with Crippen LogP contribution in [0, 0.1) is 6.92 Å². The number of sulfonamides is 2. The van der Waals surface area contributed by atoms with Crippen molar-refractivity contribution in [1.29, 1.82) is 0 Å². The summed E-state index contributed by atoms with van der Waals surface area (Å²) >= 11 is 12.3. The van der Waals surface area contributed by atoms with Crippen LogP contribution in [-0.2, 0) is 26.6 Å². The quantitative estimate of drug-likeness (QED) is 0.228. The molecule has 208 valence electrons. The molecular formula is C28H25Cl2N3O5S2. The molecule has 0 aliphatic carbocycles. The predicted octanol–water partition coefficient (Wildman–Crippen LogP) is 6.32. The maximum atomic E-state index is 12.8. The summed E-state index contributed by atoms with van der Waals surface area (Å²) < 4.78 is 54.2. The highest BCUT2D eigenvalue weighted by Gasteiger charge is 2.22. The van der Waals surface area contributed by atoms with E-state index in [1.807, 2.05) is 6.07 Å². The highest BCUT2D eigenvalue weighted by molar-refractivity contribution is 7.92. The van der Waals surface area contributed by atoms with Crippen molar-refractivity contribution in [3.63, 3.8) is 0 Å². The number of hydrogen-bond acceptors (Lipinski definition) is 5. The molecule has 0 atom stereocenters. The van der Waals surface area contributed by atoms with Crippen molar-refractivity contribution in [1.82, 2.24) is 0 Å². The lowest BCUT2D eigenvalue weighted by atomic mass is 10.1. The van der Waals surface area contributed by atoms with E-state index in [1.165, 1.54) is 24.3 Å². The highest BCUT2D eigenvalue weighted by Crippen LogP contribution is 2.34. The highest BCUT2D eigenvalue weighted by atomic mass is 35.5. The van der Waals surface area contributed by atoms with Gasteiger partial charge in [-0.15, -0.1) is 0 Å². The molecule has 0 heterocycles. The number of aryl methyl sites for hydroxylation is 1. The maximum absolute atomic E-state index is 12.8. The molecule has 0 spiro atoms. The van der Waals surface area contributed by atoms with Crippen LogP contribution in [0.25, 0.3) is 0 Å². The number of nitrogens with zero attached hydrogens (tertiary/aromatic N) is 1. The summed E-state index contributed by atoms with van der Waals surface area (Å²) in [6.07, 6.45) is 1.07. The van der Waals surface area contributed by atoms with Crippen molar-refractivity contribution in [2.75, 3.05) is 20.6 Å².